The van der Waals surface area contributed by atoms with E-state index in [9.17, 15) is 10.1 Å². The minimum Gasteiger partial charge on any atom is -0.316 e. The molecule has 5 heteroatoms. The first-order valence-corrected chi connectivity index (χ1v) is 7.33. The van der Waals surface area contributed by atoms with E-state index in [0.29, 0.717) is 0 Å². The van der Waals surface area contributed by atoms with Crippen molar-refractivity contribution in [2.45, 2.75) is 24.2 Å². The van der Waals surface area contributed by atoms with E-state index in [2.05, 4.69) is 5.32 Å². The van der Waals surface area contributed by atoms with Gasteiger partial charge in [-0.05, 0) is 50.1 Å². The molecular formula is C13H18N2O2S. The molecule has 18 heavy (non-hydrogen) atoms. The van der Waals surface area contributed by atoms with E-state index in [1.807, 2.05) is 12.1 Å². The Labute approximate surface area is 111 Å². The van der Waals surface area contributed by atoms with Crippen LogP contribution in [-0.4, -0.2) is 23.8 Å². The summed E-state index contributed by atoms with van der Waals surface area (Å²) in [7, 11) is 0. The van der Waals surface area contributed by atoms with Crippen molar-refractivity contribution in [2.24, 2.45) is 5.92 Å². The molecule has 1 N–H and O–H groups in total. The van der Waals surface area contributed by atoms with Gasteiger partial charge in [0.25, 0.3) is 5.69 Å². The van der Waals surface area contributed by atoms with Crippen molar-refractivity contribution in [2.75, 3.05) is 18.8 Å². The van der Waals surface area contributed by atoms with Gasteiger partial charge in [0.05, 0.1) is 9.82 Å². The summed E-state index contributed by atoms with van der Waals surface area (Å²) in [4.78, 5) is 11.4. The number of rotatable bonds is 5. The number of nitrogens with zero attached hydrogens (tertiary/aromatic N) is 1. The van der Waals surface area contributed by atoms with Gasteiger partial charge in [0.15, 0.2) is 0 Å². The molecule has 0 aliphatic carbocycles. The zero-order valence-corrected chi connectivity index (χ0v) is 11.1. The first kappa shape index (κ1) is 13.4. The van der Waals surface area contributed by atoms with Crippen LogP contribution in [0.2, 0.25) is 0 Å². The summed E-state index contributed by atoms with van der Waals surface area (Å²) in [6.45, 7) is 2.23. The number of nitro groups is 1. The number of piperidine rings is 1. The van der Waals surface area contributed by atoms with Gasteiger partial charge < -0.3 is 5.32 Å². The zero-order valence-electron chi connectivity index (χ0n) is 10.3. The Hall–Kier alpha value is -1.07. The lowest BCUT2D eigenvalue weighted by molar-refractivity contribution is -0.387. The molecule has 2 rings (SSSR count). The Kier molecular flexibility index (Phi) is 5.01. The molecule has 1 saturated heterocycles. The highest BCUT2D eigenvalue weighted by Crippen LogP contribution is 2.30. The summed E-state index contributed by atoms with van der Waals surface area (Å²) in [5.41, 5.74) is 0.226. The van der Waals surface area contributed by atoms with Crippen molar-refractivity contribution in [3.63, 3.8) is 0 Å². The van der Waals surface area contributed by atoms with Gasteiger partial charge in [-0.3, -0.25) is 10.1 Å². The van der Waals surface area contributed by atoms with E-state index < -0.39 is 0 Å². The largest absolute Gasteiger partial charge is 0.316 e. The summed E-state index contributed by atoms with van der Waals surface area (Å²) >= 11 is 1.60. The van der Waals surface area contributed by atoms with Crippen LogP contribution < -0.4 is 5.32 Å². The van der Waals surface area contributed by atoms with Crippen LogP contribution in [0.25, 0.3) is 0 Å². The smallest absolute Gasteiger partial charge is 0.282 e. The molecule has 1 aromatic rings. The maximum Gasteiger partial charge on any atom is 0.282 e. The molecule has 4 nitrogen and oxygen atoms in total. The summed E-state index contributed by atoms with van der Waals surface area (Å²) < 4.78 is 0. The fourth-order valence-electron chi connectivity index (χ4n) is 2.24. The van der Waals surface area contributed by atoms with E-state index in [1.165, 1.54) is 12.8 Å². The van der Waals surface area contributed by atoms with Crippen LogP contribution >= 0.6 is 11.8 Å². The minimum absolute atomic E-state index is 0.226. The maximum absolute atomic E-state index is 10.9. The van der Waals surface area contributed by atoms with Crippen molar-refractivity contribution in [1.82, 2.24) is 5.32 Å². The van der Waals surface area contributed by atoms with Gasteiger partial charge >= 0.3 is 0 Å². The molecule has 0 aromatic heterocycles. The number of hydrogen-bond acceptors (Lipinski definition) is 4. The number of nitro benzene ring substituents is 1. The highest BCUT2D eigenvalue weighted by atomic mass is 32.2. The molecule has 0 bridgehead atoms. The van der Waals surface area contributed by atoms with Gasteiger partial charge in [0.1, 0.15) is 0 Å². The average molecular weight is 266 g/mol. The third-order valence-corrected chi connectivity index (χ3v) is 4.34. The SMILES string of the molecule is O=[N+]([O-])c1ccccc1SCCC1CCCNC1. The molecule has 0 spiro atoms. The second kappa shape index (κ2) is 6.75. The van der Waals surface area contributed by atoms with Gasteiger partial charge in [-0.25, -0.2) is 0 Å². The van der Waals surface area contributed by atoms with Gasteiger partial charge in [-0.2, -0.15) is 0 Å². The van der Waals surface area contributed by atoms with E-state index in [-0.39, 0.29) is 10.6 Å². The predicted octanol–water partition coefficient (Wildman–Crippen LogP) is 3.08. The van der Waals surface area contributed by atoms with Crippen LogP contribution in [0, 0.1) is 16.0 Å². The molecule has 1 aliphatic rings. The van der Waals surface area contributed by atoms with Crippen LogP contribution in [-0.2, 0) is 0 Å². The molecule has 0 radical (unpaired) electrons. The molecule has 1 aliphatic heterocycles. The highest BCUT2D eigenvalue weighted by Gasteiger charge is 2.15. The predicted molar refractivity (Wildman–Crippen MR) is 74.0 cm³/mol. The van der Waals surface area contributed by atoms with Gasteiger partial charge in [-0.1, -0.05) is 12.1 Å². The number of benzene rings is 1. The summed E-state index contributed by atoms with van der Waals surface area (Å²) in [6, 6.07) is 6.98. The van der Waals surface area contributed by atoms with E-state index >= 15 is 0 Å². The van der Waals surface area contributed by atoms with Gasteiger partial charge in [0, 0.05) is 6.07 Å². The Morgan fingerprint density at radius 3 is 3.00 bits per heavy atom. The summed E-state index contributed by atoms with van der Waals surface area (Å²) in [5, 5.41) is 14.3. The molecule has 1 aromatic carbocycles. The summed E-state index contributed by atoms with van der Waals surface area (Å²) in [5.74, 6) is 1.69. The third-order valence-electron chi connectivity index (χ3n) is 3.24. The molecule has 1 fully saturated rings. The van der Waals surface area contributed by atoms with Crippen molar-refractivity contribution in [3.05, 3.63) is 34.4 Å². The van der Waals surface area contributed by atoms with Gasteiger partial charge in [0.2, 0.25) is 0 Å². The van der Waals surface area contributed by atoms with Crippen LogP contribution in [0.3, 0.4) is 0 Å². The molecule has 0 saturated carbocycles. The molecule has 98 valence electrons. The number of hydrogen-bond donors (Lipinski definition) is 1. The van der Waals surface area contributed by atoms with Crippen molar-refractivity contribution >= 4 is 17.4 Å². The highest BCUT2D eigenvalue weighted by molar-refractivity contribution is 7.99. The molecular weight excluding hydrogens is 248 g/mol. The fraction of sp³-hybridized carbons (Fsp3) is 0.538. The first-order valence-electron chi connectivity index (χ1n) is 6.34. The lowest BCUT2D eigenvalue weighted by atomic mass is 9.97. The Morgan fingerprint density at radius 1 is 1.44 bits per heavy atom. The average Bonchev–Trinajstić information content (AvgIpc) is 2.40. The van der Waals surface area contributed by atoms with E-state index in [4.69, 9.17) is 0 Å². The second-order valence-corrected chi connectivity index (χ2v) is 5.71. The Bertz CT molecular complexity index is 406. The number of para-hydroxylation sites is 1. The monoisotopic (exact) mass is 266 g/mol. The maximum atomic E-state index is 10.9. The topological polar surface area (TPSA) is 55.2 Å². The minimum atomic E-state index is -0.301. The van der Waals surface area contributed by atoms with Crippen molar-refractivity contribution in [3.8, 4) is 0 Å². The zero-order chi connectivity index (χ0) is 12.8. The number of thioether (sulfide) groups is 1. The lowest BCUT2D eigenvalue weighted by Gasteiger charge is -2.22. The second-order valence-electron chi connectivity index (χ2n) is 4.57. The molecule has 1 atom stereocenters. The first-order chi connectivity index (χ1) is 8.77. The quantitative estimate of drug-likeness (QED) is 0.505. The van der Waals surface area contributed by atoms with Crippen LogP contribution in [0.5, 0.6) is 0 Å². The molecule has 1 unspecified atom stereocenters. The van der Waals surface area contributed by atoms with Crippen LogP contribution in [0.1, 0.15) is 19.3 Å². The van der Waals surface area contributed by atoms with Crippen molar-refractivity contribution in [1.29, 1.82) is 0 Å². The lowest BCUT2D eigenvalue weighted by Crippen LogP contribution is -2.29. The van der Waals surface area contributed by atoms with Crippen LogP contribution in [0.4, 0.5) is 5.69 Å². The van der Waals surface area contributed by atoms with E-state index in [0.717, 1.165) is 36.1 Å². The van der Waals surface area contributed by atoms with E-state index in [1.54, 1.807) is 23.9 Å². The normalized spacial score (nSPS) is 19.7. The third kappa shape index (κ3) is 3.71. The number of nitrogens with one attached hydrogen (secondary N) is 1. The standard InChI is InChI=1S/C13H18N2O2S/c16-15(17)12-5-1-2-6-13(12)18-9-7-11-4-3-8-14-10-11/h1-2,5-6,11,14H,3-4,7-10H2. The Balaban J connectivity index is 1.84. The fourth-order valence-corrected chi connectivity index (χ4v) is 3.37. The Morgan fingerprint density at radius 2 is 2.28 bits per heavy atom. The molecule has 0 amide bonds. The summed E-state index contributed by atoms with van der Waals surface area (Å²) in [6.07, 6.45) is 3.66. The van der Waals surface area contributed by atoms with Crippen molar-refractivity contribution < 1.29 is 4.92 Å². The molecule has 1 heterocycles. The van der Waals surface area contributed by atoms with Gasteiger partial charge in [-0.15, -0.1) is 11.8 Å². The van der Waals surface area contributed by atoms with Crippen LogP contribution in [0.15, 0.2) is 29.2 Å².